The van der Waals surface area contributed by atoms with E-state index in [1.807, 2.05) is 0 Å². The predicted octanol–water partition coefficient (Wildman–Crippen LogP) is 7.94. The predicted molar refractivity (Wildman–Crippen MR) is 146 cm³/mol. The fourth-order valence-corrected chi connectivity index (χ4v) is 4.68. The number of rotatable bonds is 5. The summed E-state index contributed by atoms with van der Waals surface area (Å²) < 4.78 is 81.3. The number of halogens is 7. The van der Waals surface area contributed by atoms with Gasteiger partial charge >= 0.3 is 18.3 Å². The van der Waals surface area contributed by atoms with Crippen LogP contribution in [0.4, 0.5) is 43.4 Å². The zero-order valence-electron chi connectivity index (χ0n) is 21.3. The van der Waals surface area contributed by atoms with E-state index in [4.69, 9.17) is 11.6 Å². The van der Waals surface area contributed by atoms with Gasteiger partial charge in [-0.25, -0.2) is 4.79 Å². The fourth-order valence-electron chi connectivity index (χ4n) is 4.46. The molecule has 0 spiro atoms. The molecule has 0 aliphatic carbocycles. The molecule has 3 N–H and O–H groups in total. The molecule has 0 aromatic heterocycles. The molecule has 5 rings (SSSR count). The van der Waals surface area contributed by atoms with E-state index in [1.54, 1.807) is 6.07 Å². The van der Waals surface area contributed by atoms with Gasteiger partial charge in [-0.05, 0) is 60.2 Å². The van der Waals surface area contributed by atoms with Gasteiger partial charge in [-0.2, -0.15) is 31.4 Å². The first-order valence-corrected chi connectivity index (χ1v) is 12.5. The number of phenols is 1. The molecule has 1 aliphatic heterocycles. The van der Waals surface area contributed by atoms with Crippen LogP contribution in [0.25, 0.3) is 11.1 Å². The number of carbonyl (C=O) groups excluding carboxylic acids is 1. The maximum absolute atomic E-state index is 13.5. The summed E-state index contributed by atoms with van der Waals surface area (Å²) in [6.45, 7) is 0. The van der Waals surface area contributed by atoms with Gasteiger partial charge in [0.05, 0.1) is 38.8 Å². The second kappa shape index (κ2) is 10.7. The second-order valence-electron chi connectivity index (χ2n) is 9.19. The third-order valence-corrected chi connectivity index (χ3v) is 6.81. The van der Waals surface area contributed by atoms with Crippen molar-refractivity contribution in [1.29, 1.82) is 0 Å². The molecule has 1 heterocycles. The van der Waals surface area contributed by atoms with Gasteiger partial charge < -0.3 is 10.2 Å². The largest absolute Gasteiger partial charge is 0.505 e. The summed E-state index contributed by atoms with van der Waals surface area (Å²) in [6, 6.07) is 14.8. The summed E-state index contributed by atoms with van der Waals surface area (Å²) in [5.74, 6) is -2.64. The lowest BCUT2D eigenvalue weighted by atomic mass is 10.0. The Bertz CT molecular complexity index is 1820. The van der Waals surface area contributed by atoms with Crippen LogP contribution < -0.4 is 10.3 Å². The second-order valence-corrected chi connectivity index (χ2v) is 9.60. The van der Waals surface area contributed by atoms with Crippen LogP contribution in [0.1, 0.15) is 27.0 Å². The van der Waals surface area contributed by atoms with Gasteiger partial charge in [0.1, 0.15) is 5.75 Å². The van der Waals surface area contributed by atoms with Gasteiger partial charge in [0.2, 0.25) is 0 Å². The molecule has 14 heteroatoms. The number of nitrogens with one attached hydrogen (secondary N) is 1. The normalized spacial score (nSPS) is 14.3. The number of carbonyl (C=O) groups is 2. The maximum Gasteiger partial charge on any atom is 0.417 e. The first kappa shape index (κ1) is 29.5. The molecule has 0 saturated heterocycles. The molecular weight excluding hydrogens is 604 g/mol. The lowest BCUT2D eigenvalue weighted by Gasteiger charge is -2.20. The fraction of sp³-hybridized carbons (Fsp3) is 0.0690. The average molecular weight is 620 g/mol. The topological polar surface area (TPSA) is 102 Å². The van der Waals surface area contributed by atoms with Gasteiger partial charge in [0, 0.05) is 11.1 Å². The van der Waals surface area contributed by atoms with Crippen LogP contribution in [0.3, 0.4) is 0 Å². The number of fused-ring (bicyclic) bond motifs is 1. The molecule has 0 unspecified atom stereocenters. The Hall–Kier alpha value is -5.04. The zero-order valence-corrected chi connectivity index (χ0v) is 22.0. The molecule has 4 aromatic carbocycles. The molecule has 4 aromatic rings. The SMILES string of the molecule is O=C(O)c1cccc(-c2cccc(N/N=C3\C(=O)N(c4ccc(Cl)c(C(F)(F)F)c4)c4cc(C(F)(F)F)ccc43)c2O)c1. The number of alkyl halides is 6. The zero-order chi connectivity index (χ0) is 31.3. The summed E-state index contributed by atoms with van der Waals surface area (Å²) in [5.41, 5.74) is -0.899. The van der Waals surface area contributed by atoms with E-state index >= 15 is 0 Å². The van der Waals surface area contributed by atoms with Crippen molar-refractivity contribution in [2.24, 2.45) is 5.10 Å². The van der Waals surface area contributed by atoms with Gasteiger partial charge in [-0.3, -0.25) is 15.1 Å². The summed E-state index contributed by atoms with van der Waals surface area (Å²) in [6.07, 6.45) is -9.75. The lowest BCUT2D eigenvalue weighted by Crippen LogP contribution is -2.26. The third-order valence-electron chi connectivity index (χ3n) is 6.48. The first-order valence-electron chi connectivity index (χ1n) is 12.1. The highest BCUT2D eigenvalue weighted by atomic mass is 35.5. The minimum atomic E-state index is -4.92. The van der Waals surface area contributed by atoms with E-state index in [0.717, 1.165) is 18.2 Å². The van der Waals surface area contributed by atoms with E-state index in [9.17, 15) is 46.1 Å². The smallest absolute Gasteiger partial charge is 0.417 e. The molecule has 1 aliphatic rings. The number of anilines is 3. The van der Waals surface area contributed by atoms with Crippen molar-refractivity contribution in [1.82, 2.24) is 0 Å². The number of carboxylic acid groups (broad SMARTS) is 1. The quantitative estimate of drug-likeness (QED) is 0.120. The Morgan fingerprint density at radius 3 is 2.26 bits per heavy atom. The van der Waals surface area contributed by atoms with Crippen molar-refractivity contribution in [3.8, 4) is 16.9 Å². The summed E-state index contributed by atoms with van der Waals surface area (Å²) in [4.78, 5) is 25.5. The Kier molecular flexibility index (Phi) is 7.30. The Morgan fingerprint density at radius 2 is 1.58 bits per heavy atom. The highest BCUT2D eigenvalue weighted by Gasteiger charge is 2.41. The molecule has 0 saturated carbocycles. The minimum Gasteiger partial charge on any atom is -0.505 e. The van der Waals surface area contributed by atoms with Gasteiger partial charge in [-0.1, -0.05) is 35.9 Å². The highest BCUT2D eigenvalue weighted by molar-refractivity contribution is 6.55. The van der Waals surface area contributed by atoms with Crippen LogP contribution in [-0.4, -0.2) is 27.8 Å². The van der Waals surface area contributed by atoms with Crippen molar-refractivity contribution >= 4 is 46.3 Å². The highest BCUT2D eigenvalue weighted by Crippen LogP contribution is 2.43. The molecule has 0 bridgehead atoms. The Morgan fingerprint density at radius 1 is 0.860 bits per heavy atom. The van der Waals surface area contributed by atoms with Crippen molar-refractivity contribution < 1.29 is 46.1 Å². The maximum atomic E-state index is 13.5. The van der Waals surface area contributed by atoms with Crippen molar-refractivity contribution in [2.45, 2.75) is 12.4 Å². The molecule has 0 atom stereocenters. The lowest BCUT2D eigenvalue weighted by molar-refractivity contribution is -0.138. The van der Waals surface area contributed by atoms with E-state index in [-0.39, 0.29) is 28.1 Å². The van der Waals surface area contributed by atoms with Crippen LogP contribution in [0.5, 0.6) is 5.75 Å². The Labute approximate surface area is 243 Å². The number of hydrazone groups is 1. The van der Waals surface area contributed by atoms with Gasteiger partial charge in [0.15, 0.2) is 5.71 Å². The van der Waals surface area contributed by atoms with Crippen LogP contribution in [0, 0.1) is 0 Å². The third kappa shape index (κ3) is 5.58. The number of hydrogen-bond donors (Lipinski definition) is 3. The minimum absolute atomic E-state index is 0.0436. The van der Waals surface area contributed by atoms with Crippen molar-refractivity contribution in [3.05, 3.63) is 106 Å². The molecular formula is C29H16ClF6N3O4. The van der Waals surface area contributed by atoms with Gasteiger partial charge in [0.25, 0.3) is 5.91 Å². The standard InChI is InChI=1S/C29H16ClF6N3O4/c30-21-10-8-17(13-20(21)29(34,35)36)39-23-12-16(28(31,32)33)7-9-19(23)24(26(39)41)38-37-22-6-2-5-18(25(22)40)14-3-1-4-15(11-14)27(42)43/h1-13,37,40H,(H,42,43)/b38-24-. The number of benzene rings is 4. The Balaban J connectivity index is 1.59. The molecule has 0 radical (unpaired) electrons. The summed E-state index contributed by atoms with van der Waals surface area (Å²) in [5, 5.41) is 23.5. The molecule has 1 amide bonds. The van der Waals surface area contributed by atoms with E-state index in [1.165, 1.54) is 36.4 Å². The van der Waals surface area contributed by atoms with Crippen LogP contribution in [0.2, 0.25) is 5.02 Å². The van der Waals surface area contributed by atoms with E-state index < -0.39 is 57.5 Å². The number of aromatic hydroxyl groups is 1. The summed E-state index contributed by atoms with van der Waals surface area (Å²) in [7, 11) is 0. The van der Waals surface area contributed by atoms with E-state index in [2.05, 4.69) is 10.5 Å². The van der Waals surface area contributed by atoms with Crippen LogP contribution in [0.15, 0.2) is 84.0 Å². The van der Waals surface area contributed by atoms with Gasteiger partial charge in [-0.15, -0.1) is 0 Å². The van der Waals surface area contributed by atoms with Crippen molar-refractivity contribution in [2.75, 3.05) is 10.3 Å². The van der Waals surface area contributed by atoms with E-state index in [0.29, 0.717) is 28.7 Å². The number of aromatic carboxylic acids is 1. The van der Waals surface area contributed by atoms with Crippen molar-refractivity contribution in [3.63, 3.8) is 0 Å². The number of carboxylic acids is 1. The van der Waals surface area contributed by atoms with Crippen LogP contribution >= 0.6 is 11.6 Å². The monoisotopic (exact) mass is 619 g/mol. The number of para-hydroxylation sites is 1. The first-order chi connectivity index (χ1) is 20.2. The number of phenolic OH excluding ortho intramolecular Hbond substituents is 1. The molecule has 0 fully saturated rings. The number of amides is 1. The summed E-state index contributed by atoms with van der Waals surface area (Å²) >= 11 is 5.69. The number of nitrogens with zero attached hydrogens (tertiary/aromatic N) is 2. The average Bonchev–Trinajstić information content (AvgIpc) is 3.22. The molecule has 7 nitrogen and oxygen atoms in total. The van der Waals surface area contributed by atoms with Crippen LogP contribution in [-0.2, 0) is 17.1 Å². The molecule has 220 valence electrons. The molecule has 43 heavy (non-hydrogen) atoms. The number of hydrogen-bond acceptors (Lipinski definition) is 5.